The molecule has 1 aromatic heterocycles. The summed E-state index contributed by atoms with van der Waals surface area (Å²) in [7, 11) is -3.62. The van der Waals surface area contributed by atoms with E-state index < -0.39 is 16.1 Å². The van der Waals surface area contributed by atoms with E-state index in [1.807, 2.05) is 19.9 Å². The van der Waals surface area contributed by atoms with Crippen LogP contribution in [0.5, 0.6) is 0 Å². The maximum absolute atomic E-state index is 12.4. The average molecular weight is 308 g/mol. The van der Waals surface area contributed by atoms with Crippen molar-refractivity contribution in [1.29, 1.82) is 0 Å². The van der Waals surface area contributed by atoms with Crippen molar-refractivity contribution in [3.63, 3.8) is 0 Å². The van der Waals surface area contributed by atoms with Crippen LogP contribution in [0.1, 0.15) is 43.0 Å². The van der Waals surface area contributed by atoms with Gasteiger partial charge < -0.3 is 10.2 Å². The van der Waals surface area contributed by atoms with Crippen LogP contribution in [0.25, 0.3) is 0 Å². The molecule has 0 aliphatic heterocycles. The Bertz CT molecular complexity index is 720. The van der Waals surface area contributed by atoms with Gasteiger partial charge in [0.1, 0.15) is 11.5 Å². The van der Waals surface area contributed by atoms with Gasteiger partial charge in [0.25, 0.3) is 0 Å². The lowest BCUT2D eigenvalue weighted by molar-refractivity contribution is 0.441. The number of nitrogens with one attached hydrogen (secondary N) is 1. The third-order valence-corrected chi connectivity index (χ3v) is 4.75. The van der Waals surface area contributed by atoms with Crippen LogP contribution in [0.2, 0.25) is 0 Å². The molecule has 0 aliphatic rings. The van der Waals surface area contributed by atoms with Crippen LogP contribution in [0, 0.1) is 6.92 Å². The van der Waals surface area contributed by atoms with Crippen molar-refractivity contribution in [3.8, 4) is 0 Å². The summed E-state index contributed by atoms with van der Waals surface area (Å²) in [5, 5.41) is 0. The minimum absolute atomic E-state index is 0.201. The highest BCUT2D eigenvalue weighted by atomic mass is 32.2. The second-order valence-corrected chi connectivity index (χ2v) is 6.87. The molecule has 2 rings (SSSR count). The van der Waals surface area contributed by atoms with Crippen LogP contribution in [0.4, 0.5) is 0 Å². The molecule has 0 aliphatic carbocycles. The summed E-state index contributed by atoms with van der Waals surface area (Å²) in [6, 6.07) is 9.55. The summed E-state index contributed by atoms with van der Waals surface area (Å²) < 4.78 is 32.9. The second kappa shape index (κ2) is 6.01. The van der Waals surface area contributed by atoms with Gasteiger partial charge in [0.05, 0.1) is 10.9 Å². The third kappa shape index (κ3) is 3.72. The first-order valence-corrected chi connectivity index (χ1v) is 8.22. The van der Waals surface area contributed by atoms with Crippen molar-refractivity contribution >= 4 is 10.0 Å². The highest BCUT2D eigenvalue weighted by molar-refractivity contribution is 7.89. The number of sulfonamides is 1. The summed E-state index contributed by atoms with van der Waals surface area (Å²) in [6.07, 6.45) is 0. The molecule has 0 spiro atoms. The van der Waals surface area contributed by atoms with Gasteiger partial charge in [-0.3, -0.25) is 0 Å². The summed E-state index contributed by atoms with van der Waals surface area (Å²) in [6.45, 7) is 5.37. The Morgan fingerprint density at radius 3 is 2.48 bits per heavy atom. The van der Waals surface area contributed by atoms with E-state index in [0.29, 0.717) is 5.76 Å². The summed E-state index contributed by atoms with van der Waals surface area (Å²) in [5.41, 5.74) is 6.57. The molecule has 0 fully saturated rings. The molecule has 0 saturated carbocycles. The van der Waals surface area contributed by atoms with Gasteiger partial charge >= 0.3 is 0 Å². The van der Waals surface area contributed by atoms with E-state index in [1.54, 1.807) is 37.3 Å². The van der Waals surface area contributed by atoms with Crippen molar-refractivity contribution in [2.45, 2.75) is 37.8 Å². The Labute approximate surface area is 125 Å². The van der Waals surface area contributed by atoms with Crippen LogP contribution in [-0.4, -0.2) is 8.42 Å². The zero-order valence-electron chi connectivity index (χ0n) is 12.3. The fourth-order valence-corrected chi connectivity index (χ4v) is 3.28. The zero-order valence-corrected chi connectivity index (χ0v) is 13.1. The number of benzene rings is 1. The summed E-state index contributed by atoms with van der Waals surface area (Å²) in [4.78, 5) is 0.201. The Hall–Kier alpha value is -1.63. The van der Waals surface area contributed by atoms with Crippen molar-refractivity contribution in [2.75, 3.05) is 0 Å². The highest BCUT2D eigenvalue weighted by Crippen LogP contribution is 2.20. The lowest BCUT2D eigenvalue weighted by Gasteiger charge is -2.13. The smallest absolute Gasteiger partial charge is 0.241 e. The van der Waals surface area contributed by atoms with Gasteiger partial charge in [0.2, 0.25) is 10.0 Å². The van der Waals surface area contributed by atoms with Crippen molar-refractivity contribution in [2.24, 2.45) is 5.73 Å². The predicted octanol–water partition coefficient (Wildman–Crippen LogP) is 2.65. The average Bonchev–Trinajstić information content (AvgIpc) is 2.85. The normalized spacial score (nSPS) is 14.9. The lowest BCUT2D eigenvalue weighted by atomic mass is 10.1. The number of furan rings is 1. The molecule has 2 aromatic rings. The minimum atomic E-state index is -3.62. The highest BCUT2D eigenvalue weighted by Gasteiger charge is 2.20. The van der Waals surface area contributed by atoms with Crippen LogP contribution < -0.4 is 10.5 Å². The van der Waals surface area contributed by atoms with E-state index in [2.05, 4.69) is 4.72 Å². The van der Waals surface area contributed by atoms with Gasteiger partial charge in [-0.15, -0.1) is 0 Å². The molecule has 114 valence electrons. The van der Waals surface area contributed by atoms with Gasteiger partial charge in [-0.25, -0.2) is 13.1 Å². The standard InChI is InChI=1S/C15H20N2O3S/c1-10-7-8-15(20-10)12(3)17-21(18,19)14-6-4-5-13(9-14)11(2)16/h4-9,11-12,17H,16H2,1-3H3. The van der Waals surface area contributed by atoms with E-state index in [9.17, 15) is 8.42 Å². The molecule has 6 heteroatoms. The SMILES string of the molecule is Cc1ccc(C(C)NS(=O)(=O)c2cccc(C(C)N)c2)o1. The Morgan fingerprint density at radius 2 is 1.90 bits per heavy atom. The fourth-order valence-electron chi connectivity index (χ4n) is 2.01. The van der Waals surface area contributed by atoms with Crippen LogP contribution in [0.15, 0.2) is 45.7 Å². The first kappa shape index (κ1) is 15.8. The maximum atomic E-state index is 12.4. The number of hydrogen-bond acceptors (Lipinski definition) is 4. The fraction of sp³-hybridized carbons (Fsp3) is 0.333. The van der Waals surface area contributed by atoms with E-state index in [0.717, 1.165) is 11.3 Å². The van der Waals surface area contributed by atoms with E-state index in [1.165, 1.54) is 0 Å². The van der Waals surface area contributed by atoms with Crippen LogP contribution in [-0.2, 0) is 10.0 Å². The maximum Gasteiger partial charge on any atom is 0.241 e. The second-order valence-electron chi connectivity index (χ2n) is 5.15. The molecule has 1 aromatic carbocycles. The van der Waals surface area contributed by atoms with E-state index in [4.69, 9.17) is 10.2 Å². The number of hydrogen-bond donors (Lipinski definition) is 2. The first-order chi connectivity index (χ1) is 9.79. The van der Waals surface area contributed by atoms with Crippen LogP contribution >= 0.6 is 0 Å². The number of nitrogens with two attached hydrogens (primary N) is 1. The quantitative estimate of drug-likeness (QED) is 0.889. The van der Waals surface area contributed by atoms with E-state index >= 15 is 0 Å². The Balaban J connectivity index is 2.24. The molecule has 1 heterocycles. The zero-order chi connectivity index (χ0) is 15.6. The molecular formula is C15H20N2O3S. The first-order valence-electron chi connectivity index (χ1n) is 6.74. The summed E-state index contributed by atoms with van der Waals surface area (Å²) >= 11 is 0. The van der Waals surface area contributed by atoms with Gasteiger partial charge in [0.15, 0.2) is 0 Å². The molecule has 5 nitrogen and oxygen atoms in total. The largest absolute Gasteiger partial charge is 0.465 e. The monoisotopic (exact) mass is 308 g/mol. The third-order valence-electron chi connectivity index (χ3n) is 3.21. The Morgan fingerprint density at radius 1 is 1.19 bits per heavy atom. The lowest BCUT2D eigenvalue weighted by Crippen LogP contribution is -2.26. The van der Waals surface area contributed by atoms with Gasteiger partial charge in [-0.05, 0) is 50.6 Å². The van der Waals surface area contributed by atoms with Crippen molar-refractivity contribution in [1.82, 2.24) is 4.72 Å². The molecule has 3 N–H and O–H groups in total. The molecule has 21 heavy (non-hydrogen) atoms. The van der Waals surface area contributed by atoms with Gasteiger partial charge in [0, 0.05) is 6.04 Å². The Kier molecular flexibility index (Phi) is 4.51. The van der Waals surface area contributed by atoms with Gasteiger partial charge in [-0.1, -0.05) is 12.1 Å². The van der Waals surface area contributed by atoms with Crippen LogP contribution in [0.3, 0.4) is 0 Å². The molecular weight excluding hydrogens is 288 g/mol. The summed E-state index contributed by atoms with van der Waals surface area (Å²) in [5.74, 6) is 1.33. The van der Waals surface area contributed by atoms with E-state index in [-0.39, 0.29) is 10.9 Å². The molecule has 0 radical (unpaired) electrons. The molecule has 2 unspecified atom stereocenters. The topological polar surface area (TPSA) is 85.3 Å². The predicted molar refractivity (Wildman–Crippen MR) is 81.2 cm³/mol. The molecule has 0 bridgehead atoms. The molecule has 0 amide bonds. The number of aryl methyl sites for hydroxylation is 1. The van der Waals surface area contributed by atoms with Crippen molar-refractivity contribution < 1.29 is 12.8 Å². The minimum Gasteiger partial charge on any atom is -0.465 e. The molecule has 0 saturated heterocycles. The molecule has 2 atom stereocenters. The number of rotatable bonds is 5. The van der Waals surface area contributed by atoms with Crippen molar-refractivity contribution in [3.05, 3.63) is 53.5 Å². The van der Waals surface area contributed by atoms with Gasteiger partial charge in [-0.2, -0.15) is 0 Å².